The number of nitrogens with zero attached hydrogens (tertiary/aromatic N) is 1. The van der Waals surface area contributed by atoms with Gasteiger partial charge in [0, 0.05) is 25.1 Å². The van der Waals surface area contributed by atoms with Crippen LogP contribution in [0.1, 0.15) is 37.7 Å². The summed E-state index contributed by atoms with van der Waals surface area (Å²) in [6.07, 6.45) is 1.64. The van der Waals surface area contributed by atoms with Crippen molar-refractivity contribution in [3.63, 3.8) is 0 Å². The molecule has 3 N–H and O–H groups in total. The van der Waals surface area contributed by atoms with Gasteiger partial charge < -0.3 is 11.1 Å². The van der Waals surface area contributed by atoms with Crippen molar-refractivity contribution in [1.82, 2.24) is 5.32 Å². The fraction of sp³-hybridized carbons (Fsp3) is 0.429. The fourth-order valence-electron chi connectivity index (χ4n) is 1.69. The normalized spacial score (nSPS) is 11.6. The fourth-order valence-corrected chi connectivity index (χ4v) is 1.69. The first-order valence-electron chi connectivity index (χ1n) is 6.12. The van der Waals surface area contributed by atoms with Crippen molar-refractivity contribution in [1.29, 1.82) is 5.26 Å². The van der Waals surface area contributed by atoms with E-state index in [0.29, 0.717) is 25.8 Å². The molecule has 0 aliphatic heterocycles. The van der Waals surface area contributed by atoms with Crippen molar-refractivity contribution in [2.24, 2.45) is 0 Å². The summed E-state index contributed by atoms with van der Waals surface area (Å²) < 4.78 is 0. The van der Waals surface area contributed by atoms with Crippen LogP contribution in [-0.2, 0) is 4.79 Å². The molecule has 18 heavy (non-hydrogen) atoms. The molecule has 1 amide bonds. The molecule has 0 aromatic heterocycles. The number of amides is 1. The minimum absolute atomic E-state index is 0.0252. The van der Waals surface area contributed by atoms with Gasteiger partial charge in [-0.1, -0.05) is 19.1 Å². The Bertz CT molecular complexity index is 420. The van der Waals surface area contributed by atoms with Crippen LogP contribution < -0.4 is 11.1 Å². The van der Waals surface area contributed by atoms with E-state index >= 15 is 0 Å². The molecule has 0 radical (unpaired) electrons. The van der Waals surface area contributed by atoms with Gasteiger partial charge in [0.1, 0.15) is 0 Å². The number of nitrogens with two attached hydrogens (primary N) is 1. The van der Waals surface area contributed by atoms with E-state index in [4.69, 9.17) is 11.0 Å². The van der Waals surface area contributed by atoms with E-state index in [1.54, 1.807) is 0 Å². The topological polar surface area (TPSA) is 78.9 Å². The molecule has 1 atom stereocenters. The third-order valence-corrected chi connectivity index (χ3v) is 2.78. The molecule has 0 saturated heterocycles. The van der Waals surface area contributed by atoms with Gasteiger partial charge in [0.15, 0.2) is 0 Å². The van der Waals surface area contributed by atoms with Crippen molar-refractivity contribution >= 4 is 11.6 Å². The molecule has 1 aromatic rings. The largest absolute Gasteiger partial charge is 0.399 e. The summed E-state index contributed by atoms with van der Waals surface area (Å²) in [6, 6.07) is 9.63. The number of carbonyl (C=O) groups is 1. The summed E-state index contributed by atoms with van der Waals surface area (Å²) in [5, 5.41) is 11.2. The van der Waals surface area contributed by atoms with Crippen molar-refractivity contribution in [3.8, 4) is 6.07 Å². The minimum atomic E-state index is 0.0252. The van der Waals surface area contributed by atoms with Crippen LogP contribution in [0.3, 0.4) is 0 Å². The van der Waals surface area contributed by atoms with E-state index < -0.39 is 0 Å². The molecule has 0 fully saturated rings. The first kappa shape index (κ1) is 14.0. The lowest BCUT2D eigenvalue weighted by Gasteiger charge is -2.12. The number of benzene rings is 1. The van der Waals surface area contributed by atoms with Crippen LogP contribution in [0.4, 0.5) is 5.69 Å². The molecular formula is C14H19N3O. The molecule has 0 aliphatic rings. The van der Waals surface area contributed by atoms with E-state index in [1.807, 2.05) is 31.2 Å². The zero-order chi connectivity index (χ0) is 13.4. The number of nitrogens with one attached hydrogen (secondary N) is 1. The highest BCUT2D eigenvalue weighted by Gasteiger charge is 2.10. The molecule has 0 spiro atoms. The second kappa shape index (κ2) is 7.33. The Balaban J connectivity index is 2.35. The lowest BCUT2D eigenvalue weighted by molar-refractivity contribution is -0.121. The average molecular weight is 245 g/mol. The summed E-state index contributed by atoms with van der Waals surface area (Å²) in [5.41, 5.74) is 7.45. The van der Waals surface area contributed by atoms with Gasteiger partial charge in [-0.25, -0.2) is 0 Å². The molecule has 0 aliphatic carbocycles. The number of hydrogen-bond donors (Lipinski definition) is 2. The van der Waals surface area contributed by atoms with Gasteiger partial charge in [0.25, 0.3) is 0 Å². The van der Waals surface area contributed by atoms with Crippen LogP contribution in [0.25, 0.3) is 0 Å². The second-order valence-electron chi connectivity index (χ2n) is 4.38. The quantitative estimate of drug-likeness (QED) is 0.595. The first-order chi connectivity index (χ1) is 8.63. The molecule has 96 valence electrons. The third kappa shape index (κ3) is 4.88. The predicted molar refractivity (Wildman–Crippen MR) is 71.7 cm³/mol. The Morgan fingerprint density at radius 3 is 2.72 bits per heavy atom. The number of nitrogen functional groups attached to an aromatic ring is 1. The molecule has 4 nitrogen and oxygen atoms in total. The lowest BCUT2D eigenvalue weighted by atomic mass is 9.97. The van der Waals surface area contributed by atoms with Crippen LogP contribution in [0, 0.1) is 11.3 Å². The van der Waals surface area contributed by atoms with E-state index in [1.165, 1.54) is 0 Å². The van der Waals surface area contributed by atoms with E-state index in [9.17, 15) is 4.79 Å². The Morgan fingerprint density at radius 1 is 1.44 bits per heavy atom. The summed E-state index contributed by atoms with van der Waals surface area (Å²) in [6.45, 7) is 2.58. The van der Waals surface area contributed by atoms with Gasteiger partial charge in [-0.3, -0.25) is 4.79 Å². The van der Waals surface area contributed by atoms with Crippen molar-refractivity contribution in [3.05, 3.63) is 29.8 Å². The zero-order valence-corrected chi connectivity index (χ0v) is 10.6. The van der Waals surface area contributed by atoms with E-state index in [2.05, 4.69) is 11.4 Å². The number of anilines is 1. The Hall–Kier alpha value is -2.02. The van der Waals surface area contributed by atoms with Crippen LogP contribution in [-0.4, -0.2) is 12.5 Å². The monoisotopic (exact) mass is 245 g/mol. The Morgan fingerprint density at radius 2 is 2.11 bits per heavy atom. The van der Waals surface area contributed by atoms with Gasteiger partial charge in [0.2, 0.25) is 5.91 Å². The zero-order valence-electron chi connectivity index (χ0n) is 10.6. The highest BCUT2D eigenvalue weighted by Crippen LogP contribution is 2.19. The van der Waals surface area contributed by atoms with Crippen molar-refractivity contribution in [2.75, 3.05) is 12.3 Å². The maximum Gasteiger partial charge on any atom is 0.220 e. The van der Waals surface area contributed by atoms with Gasteiger partial charge in [-0.05, 0) is 30.0 Å². The third-order valence-electron chi connectivity index (χ3n) is 2.78. The Labute approximate surface area is 108 Å². The number of rotatable bonds is 6. The first-order valence-corrected chi connectivity index (χ1v) is 6.12. The molecule has 1 aromatic carbocycles. The van der Waals surface area contributed by atoms with Crippen LogP contribution >= 0.6 is 0 Å². The molecule has 4 heteroatoms. The summed E-state index contributed by atoms with van der Waals surface area (Å²) >= 11 is 0. The van der Waals surface area contributed by atoms with Crippen LogP contribution in [0.2, 0.25) is 0 Å². The maximum atomic E-state index is 11.6. The molecule has 1 rings (SSSR count). The summed E-state index contributed by atoms with van der Waals surface area (Å²) in [5.74, 6) is 0.193. The molecule has 0 heterocycles. The van der Waals surface area contributed by atoms with Gasteiger partial charge in [-0.2, -0.15) is 5.26 Å². The molecule has 0 bridgehead atoms. The van der Waals surface area contributed by atoms with Crippen LogP contribution in [0.5, 0.6) is 0 Å². The second-order valence-corrected chi connectivity index (χ2v) is 4.38. The molecule has 1 unspecified atom stereocenters. The van der Waals surface area contributed by atoms with Gasteiger partial charge in [0.05, 0.1) is 6.07 Å². The summed E-state index contributed by atoms with van der Waals surface area (Å²) in [4.78, 5) is 11.6. The number of nitriles is 1. The van der Waals surface area contributed by atoms with Gasteiger partial charge in [-0.15, -0.1) is 0 Å². The SMILES string of the molecule is CC(CC(=O)NCCCC#N)c1ccc(N)cc1. The highest BCUT2D eigenvalue weighted by molar-refractivity contribution is 5.76. The smallest absolute Gasteiger partial charge is 0.220 e. The van der Waals surface area contributed by atoms with E-state index in [0.717, 1.165) is 11.3 Å². The molecule has 0 saturated carbocycles. The Kier molecular flexibility index (Phi) is 5.72. The lowest BCUT2D eigenvalue weighted by Crippen LogP contribution is -2.25. The van der Waals surface area contributed by atoms with Crippen LogP contribution in [0.15, 0.2) is 24.3 Å². The molecular weight excluding hydrogens is 226 g/mol. The number of carbonyl (C=O) groups excluding carboxylic acids is 1. The van der Waals surface area contributed by atoms with Crippen molar-refractivity contribution in [2.45, 2.75) is 32.1 Å². The predicted octanol–water partition coefficient (Wildman–Crippen LogP) is 2.18. The number of unbranched alkanes of at least 4 members (excludes halogenated alkanes) is 1. The standard InChI is InChI=1S/C14H19N3O/c1-11(12-4-6-13(16)7-5-12)10-14(18)17-9-3-2-8-15/h4-7,11H,2-3,9-10,16H2,1H3,(H,17,18). The van der Waals surface area contributed by atoms with E-state index in [-0.39, 0.29) is 11.8 Å². The summed E-state index contributed by atoms with van der Waals surface area (Å²) in [7, 11) is 0. The van der Waals surface area contributed by atoms with Gasteiger partial charge >= 0.3 is 0 Å². The van der Waals surface area contributed by atoms with Crippen molar-refractivity contribution < 1.29 is 4.79 Å². The highest BCUT2D eigenvalue weighted by atomic mass is 16.1. The number of hydrogen-bond acceptors (Lipinski definition) is 3. The maximum absolute atomic E-state index is 11.6. The minimum Gasteiger partial charge on any atom is -0.399 e. The average Bonchev–Trinajstić information content (AvgIpc) is 2.35.